The highest BCUT2D eigenvalue weighted by molar-refractivity contribution is 6.13. The van der Waals surface area contributed by atoms with E-state index in [-0.39, 0.29) is 0 Å². The highest BCUT2D eigenvalue weighted by Crippen LogP contribution is 2.39. The topological polar surface area (TPSA) is 62.4 Å². The maximum atomic E-state index is 10.7. The minimum absolute atomic E-state index is 0.556. The summed E-state index contributed by atoms with van der Waals surface area (Å²) in [5.74, 6) is 0. The normalized spacial score (nSPS) is 11.6. The molecule has 3 aromatic heterocycles. The molecule has 3 heterocycles. The third kappa shape index (κ3) is 4.39. The van der Waals surface area contributed by atoms with Crippen molar-refractivity contribution in [2.24, 2.45) is 0 Å². The molecular weight excluding hydrogens is 671 g/mol. The number of fused-ring (bicyclic) bond motifs is 9. The first kappa shape index (κ1) is 30.7. The Morgan fingerprint density at radius 1 is 0.364 bits per heavy atom. The first-order chi connectivity index (χ1) is 27.2. The Morgan fingerprint density at radius 3 is 1.47 bits per heavy atom. The number of para-hydroxylation sites is 5. The molecule has 0 atom stereocenters. The molecule has 11 rings (SSSR count). The second-order valence-electron chi connectivity index (χ2n) is 13.9. The number of aromatic nitrogens is 3. The minimum Gasteiger partial charge on any atom is -0.309 e. The molecule has 0 radical (unpaired) electrons. The van der Waals surface area contributed by atoms with E-state index in [4.69, 9.17) is 0 Å². The summed E-state index contributed by atoms with van der Waals surface area (Å²) >= 11 is 0. The average molecular weight is 700 g/mol. The van der Waals surface area contributed by atoms with Crippen molar-refractivity contribution in [3.05, 3.63) is 187 Å². The van der Waals surface area contributed by atoms with Crippen LogP contribution >= 0.6 is 0 Å². The molecule has 0 saturated heterocycles. The van der Waals surface area contributed by atoms with Crippen molar-refractivity contribution in [2.45, 2.75) is 0 Å². The summed E-state index contributed by atoms with van der Waals surface area (Å²) in [6.45, 7) is 0. The maximum Gasteiger partial charge on any atom is 0.102 e. The lowest BCUT2D eigenvalue weighted by atomic mass is 9.98. The molecule has 0 amide bonds. The van der Waals surface area contributed by atoms with Crippen LogP contribution in [0.1, 0.15) is 11.1 Å². The summed E-state index contributed by atoms with van der Waals surface area (Å²) in [6, 6.07) is 65.9. The standard InChI is InChI=1S/C50H29N5/c51-30-33-11-9-17-41-39-14-3-8-21-47(39)55(50(33)41)48-22-10-16-36(43(48)31-52)32-23-25-34(26-24-32)53-46-20-7-4-15-40(46)42-29-35(27-28-49(42)53)54-44-18-5-1-12-37(44)38-13-2-6-19-45(38)54/h1-29H. The quantitative estimate of drug-likeness (QED) is 0.184. The predicted octanol–water partition coefficient (Wildman–Crippen LogP) is 12.4. The van der Waals surface area contributed by atoms with Crippen LogP contribution < -0.4 is 0 Å². The molecule has 5 nitrogen and oxygen atoms in total. The summed E-state index contributed by atoms with van der Waals surface area (Å²) < 4.78 is 6.77. The number of hydrogen-bond acceptors (Lipinski definition) is 2. The highest BCUT2D eigenvalue weighted by atomic mass is 15.0. The predicted molar refractivity (Wildman–Crippen MR) is 224 cm³/mol. The fourth-order valence-corrected chi connectivity index (χ4v) is 8.81. The summed E-state index contributed by atoms with van der Waals surface area (Å²) in [5.41, 5.74) is 12.2. The summed E-state index contributed by atoms with van der Waals surface area (Å²) in [6.07, 6.45) is 0. The Balaban J connectivity index is 1.06. The second-order valence-corrected chi connectivity index (χ2v) is 13.9. The zero-order valence-corrected chi connectivity index (χ0v) is 29.5. The zero-order chi connectivity index (χ0) is 36.6. The van der Waals surface area contributed by atoms with E-state index >= 15 is 0 Å². The Morgan fingerprint density at radius 2 is 0.855 bits per heavy atom. The van der Waals surface area contributed by atoms with Crippen molar-refractivity contribution in [3.8, 4) is 40.3 Å². The van der Waals surface area contributed by atoms with E-state index < -0.39 is 0 Å². The van der Waals surface area contributed by atoms with Gasteiger partial charge in [-0.1, -0.05) is 109 Å². The van der Waals surface area contributed by atoms with Gasteiger partial charge in [0, 0.05) is 49.3 Å². The van der Waals surface area contributed by atoms with Crippen molar-refractivity contribution >= 4 is 65.4 Å². The lowest BCUT2D eigenvalue weighted by molar-refractivity contribution is 1.16. The van der Waals surface area contributed by atoms with Crippen molar-refractivity contribution in [2.75, 3.05) is 0 Å². The van der Waals surface area contributed by atoms with Crippen LogP contribution in [-0.4, -0.2) is 13.7 Å². The van der Waals surface area contributed by atoms with Crippen molar-refractivity contribution in [3.63, 3.8) is 0 Å². The molecule has 0 saturated carbocycles. The van der Waals surface area contributed by atoms with Gasteiger partial charge < -0.3 is 13.7 Å². The molecule has 0 aliphatic carbocycles. The molecule has 0 fully saturated rings. The van der Waals surface area contributed by atoms with E-state index in [1.54, 1.807) is 0 Å². The SMILES string of the molecule is N#Cc1c(-c2ccc(-n3c4ccccc4c4cc(-n5c6ccccc6c6ccccc65)ccc43)cc2)cccc1-n1c2ccccc2c2cccc(C#N)c21. The largest absolute Gasteiger partial charge is 0.309 e. The van der Waals surface area contributed by atoms with Crippen LogP contribution in [0.4, 0.5) is 0 Å². The van der Waals surface area contributed by atoms with Gasteiger partial charge in [-0.05, 0) is 72.3 Å². The first-order valence-electron chi connectivity index (χ1n) is 18.3. The van der Waals surface area contributed by atoms with Gasteiger partial charge in [-0.2, -0.15) is 10.5 Å². The molecular formula is C50H29N5. The molecule has 0 unspecified atom stereocenters. The Labute approximate surface area is 316 Å². The van der Waals surface area contributed by atoms with Gasteiger partial charge in [0.25, 0.3) is 0 Å². The van der Waals surface area contributed by atoms with E-state index in [0.717, 1.165) is 61.0 Å². The Kier molecular flexibility index (Phi) is 6.61. The molecule has 11 aromatic rings. The molecule has 55 heavy (non-hydrogen) atoms. The van der Waals surface area contributed by atoms with Crippen molar-refractivity contribution in [1.29, 1.82) is 10.5 Å². The maximum absolute atomic E-state index is 10.7. The Bertz CT molecular complexity index is 3400. The number of hydrogen-bond donors (Lipinski definition) is 0. The van der Waals surface area contributed by atoms with E-state index in [0.29, 0.717) is 11.1 Å². The van der Waals surface area contributed by atoms with Crippen LogP contribution in [0.25, 0.3) is 93.6 Å². The molecule has 5 heteroatoms. The van der Waals surface area contributed by atoms with E-state index in [2.05, 4.69) is 153 Å². The van der Waals surface area contributed by atoms with Gasteiger partial charge >= 0.3 is 0 Å². The van der Waals surface area contributed by atoms with Crippen LogP contribution in [0.3, 0.4) is 0 Å². The third-order valence-electron chi connectivity index (χ3n) is 11.1. The van der Waals surface area contributed by atoms with Crippen LogP contribution in [0.5, 0.6) is 0 Å². The molecule has 0 N–H and O–H groups in total. The summed E-state index contributed by atoms with van der Waals surface area (Å²) in [4.78, 5) is 0. The average Bonchev–Trinajstić information content (AvgIpc) is 3.89. The molecule has 0 aliphatic heterocycles. The van der Waals surface area contributed by atoms with E-state index in [1.165, 1.54) is 32.6 Å². The minimum atomic E-state index is 0.556. The van der Waals surface area contributed by atoms with Gasteiger partial charge in [-0.3, -0.25) is 0 Å². The molecule has 0 spiro atoms. The van der Waals surface area contributed by atoms with E-state index in [9.17, 15) is 10.5 Å². The van der Waals surface area contributed by atoms with Crippen LogP contribution in [0, 0.1) is 22.7 Å². The van der Waals surface area contributed by atoms with Gasteiger partial charge in [0.1, 0.15) is 12.1 Å². The molecule has 254 valence electrons. The summed E-state index contributed by atoms with van der Waals surface area (Å²) in [7, 11) is 0. The van der Waals surface area contributed by atoms with Gasteiger partial charge in [0.15, 0.2) is 0 Å². The fourth-order valence-electron chi connectivity index (χ4n) is 8.81. The number of benzene rings is 8. The fraction of sp³-hybridized carbons (Fsp3) is 0. The Hall–Kier alpha value is -7.86. The van der Waals surface area contributed by atoms with Gasteiger partial charge in [-0.25, -0.2) is 0 Å². The molecule has 0 bridgehead atoms. The third-order valence-corrected chi connectivity index (χ3v) is 11.1. The van der Waals surface area contributed by atoms with Crippen LogP contribution in [0.15, 0.2) is 176 Å². The highest BCUT2D eigenvalue weighted by Gasteiger charge is 2.20. The van der Waals surface area contributed by atoms with Crippen LogP contribution in [-0.2, 0) is 0 Å². The smallest absolute Gasteiger partial charge is 0.102 e. The number of nitrogens with zero attached hydrogens (tertiary/aromatic N) is 5. The molecule has 8 aromatic carbocycles. The first-order valence-corrected chi connectivity index (χ1v) is 18.3. The van der Waals surface area contributed by atoms with E-state index in [1.807, 2.05) is 48.5 Å². The monoisotopic (exact) mass is 699 g/mol. The lowest BCUT2D eigenvalue weighted by Gasteiger charge is -2.15. The number of nitriles is 2. The van der Waals surface area contributed by atoms with Gasteiger partial charge in [0.2, 0.25) is 0 Å². The van der Waals surface area contributed by atoms with Crippen molar-refractivity contribution < 1.29 is 0 Å². The van der Waals surface area contributed by atoms with Gasteiger partial charge in [-0.15, -0.1) is 0 Å². The zero-order valence-electron chi connectivity index (χ0n) is 29.5. The lowest BCUT2D eigenvalue weighted by Crippen LogP contribution is -2.01. The van der Waals surface area contributed by atoms with Crippen molar-refractivity contribution in [1.82, 2.24) is 13.7 Å². The number of rotatable bonds is 4. The summed E-state index contributed by atoms with van der Waals surface area (Å²) in [5, 5.41) is 27.8. The molecule has 0 aliphatic rings. The second kappa shape index (κ2) is 11.8. The van der Waals surface area contributed by atoms with Gasteiger partial charge in [0.05, 0.1) is 49.9 Å². The van der Waals surface area contributed by atoms with Crippen LogP contribution in [0.2, 0.25) is 0 Å².